The highest BCUT2D eigenvalue weighted by molar-refractivity contribution is 8.13. The lowest BCUT2D eigenvalue weighted by atomic mass is 10.2. The molecule has 1 heterocycles. The molecule has 0 radical (unpaired) electrons. The topological polar surface area (TPSA) is 75.6 Å². The lowest BCUT2D eigenvalue weighted by Gasteiger charge is -2.12. The van der Waals surface area contributed by atoms with E-state index in [0.29, 0.717) is 16.4 Å². The van der Waals surface area contributed by atoms with Crippen molar-refractivity contribution >= 4 is 27.7 Å². The van der Waals surface area contributed by atoms with Gasteiger partial charge in [0.15, 0.2) is 16.2 Å². The molecule has 0 spiro atoms. The highest BCUT2D eigenvalue weighted by Crippen LogP contribution is 2.32. The molecular weight excluding hydrogens is 346 g/mol. The Morgan fingerprint density at radius 2 is 2.00 bits per heavy atom. The highest BCUT2D eigenvalue weighted by atomic mass is 32.3. The number of methoxy groups -OCH3 is 1. The van der Waals surface area contributed by atoms with Crippen molar-refractivity contribution in [1.29, 1.82) is 0 Å². The summed E-state index contributed by atoms with van der Waals surface area (Å²) in [7, 11) is -1.95. The maximum Gasteiger partial charge on any atom is 0.208 e. The van der Waals surface area contributed by atoms with Crippen LogP contribution in [0.1, 0.15) is 5.56 Å². The van der Waals surface area contributed by atoms with Gasteiger partial charge in [-0.2, -0.15) is 0 Å². The molecule has 0 saturated carbocycles. The van der Waals surface area contributed by atoms with Crippen LogP contribution in [0.5, 0.6) is 11.5 Å². The van der Waals surface area contributed by atoms with Crippen molar-refractivity contribution in [3.05, 3.63) is 59.8 Å². The Labute approximate surface area is 145 Å². The van der Waals surface area contributed by atoms with E-state index in [4.69, 9.17) is 4.74 Å². The van der Waals surface area contributed by atoms with E-state index < -0.39 is 14.5 Å². The first-order valence-corrected chi connectivity index (χ1v) is 9.85. The Morgan fingerprint density at radius 3 is 2.71 bits per heavy atom. The molecule has 5 nitrogen and oxygen atoms in total. The molecule has 0 aromatic heterocycles. The van der Waals surface area contributed by atoms with E-state index in [2.05, 4.69) is 5.32 Å². The second-order valence-corrected chi connectivity index (χ2v) is 8.67. The van der Waals surface area contributed by atoms with Gasteiger partial charge in [-0.3, -0.25) is 0 Å². The van der Waals surface area contributed by atoms with Gasteiger partial charge < -0.3 is 15.2 Å². The molecule has 1 unspecified atom stereocenters. The van der Waals surface area contributed by atoms with Crippen molar-refractivity contribution in [3.63, 3.8) is 0 Å². The average molecular weight is 363 g/mol. The molecule has 1 aliphatic rings. The fourth-order valence-corrected chi connectivity index (χ4v) is 5.45. The molecule has 1 saturated heterocycles. The zero-order chi connectivity index (χ0) is 17.2. The summed E-state index contributed by atoms with van der Waals surface area (Å²) in [5.74, 6) is 1.02. The lowest BCUT2D eigenvalue weighted by Crippen LogP contribution is -2.28. The molecule has 0 bridgehead atoms. The normalized spacial score (nSPS) is 19.2. The summed E-state index contributed by atoms with van der Waals surface area (Å²) in [6.07, 6.45) is 1.86. The number of nitrogens with one attached hydrogen (secondary N) is 1. The highest BCUT2D eigenvalue weighted by Gasteiger charge is 2.32. The van der Waals surface area contributed by atoms with Crippen molar-refractivity contribution in [2.75, 3.05) is 12.9 Å². The van der Waals surface area contributed by atoms with Crippen LogP contribution in [0.4, 0.5) is 0 Å². The number of rotatable bonds is 4. The minimum Gasteiger partial charge on any atom is -0.504 e. The summed E-state index contributed by atoms with van der Waals surface area (Å²) in [4.78, 5) is 0.308. The number of benzene rings is 2. The van der Waals surface area contributed by atoms with Gasteiger partial charge in [0.1, 0.15) is 0 Å². The van der Waals surface area contributed by atoms with Crippen LogP contribution in [-0.4, -0.2) is 31.1 Å². The summed E-state index contributed by atoms with van der Waals surface area (Å²) in [6.45, 7) is 0. The summed E-state index contributed by atoms with van der Waals surface area (Å²) < 4.78 is 29.6. The summed E-state index contributed by atoms with van der Waals surface area (Å²) in [5.41, 5.74) is 1.64. The Hall–Kier alpha value is -2.12. The fraction of sp³-hybridized carbons (Fsp3) is 0.176. The van der Waals surface area contributed by atoms with Gasteiger partial charge in [-0.15, -0.1) is 11.8 Å². The zero-order valence-corrected chi connectivity index (χ0v) is 14.6. The molecule has 1 fully saturated rings. The Kier molecular flexibility index (Phi) is 4.73. The molecule has 3 rings (SSSR count). The minimum atomic E-state index is -3.44. The van der Waals surface area contributed by atoms with Gasteiger partial charge in [-0.05, 0) is 35.9 Å². The quantitative estimate of drug-likeness (QED) is 0.870. The van der Waals surface area contributed by atoms with E-state index in [9.17, 15) is 13.5 Å². The maximum absolute atomic E-state index is 12.6. The van der Waals surface area contributed by atoms with Crippen molar-refractivity contribution in [3.8, 4) is 11.5 Å². The third-order valence-electron chi connectivity index (χ3n) is 3.59. The maximum atomic E-state index is 12.6. The van der Waals surface area contributed by atoms with E-state index in [1.54, 1.807) is 48.5 Å². The largest absolute Gasteiger partial charge is 0.504 e. The summed E-state index contributed by atoms with van der Waals surface area (Å²) in [6, 6.07) is 13.4. The third-order valence-corrected chi connectivity index (χ3v) is 7.27. The van der Waals surface area contributed by atoms with Crippen LogP contribution in [0.15, 0.2) is 59.1 Å². The van der Waals surface area contributed by atoms with Crippen LogP contribution in [0.3, 0.4) is 0 Å². The van der Waals surface area contributed by atoms with Gasteiger partial charge >= 0.3 is 0 Å². The number of phenols is 1. The van der Waals surface area contributed by atoms with Crippen LogP contribution in [-0.2, 0) is 9.84 Å². The van der Waals surface area contributed by atoms with Crippen LogP contribution >= 0.6 is 11.8 Å². The summed E-state index contributed by atoms with van der Waals surface area (Å²) >= 11 is 1.34. The van der Waals surface area contributed by atoms with Gasteiger partial charge in [0, 0.05) is 11.4 Å². The number of hydrogen-bond donors (Lipinski definition) is 2. The van der Waals surface area contributed by atoms with Crippen molar-refractivity contribution in [2.24, 2.45) is 0 Å². The SMILES string of the molecule is COc1cc(/C=C2/CSC(S(=O)(=O)c3ccccc3)N2)ccc1O. The first-order valence-electron chi connectivity index (χ1n) is 7.25. The predicted molar refractivity (Wildman–Crippen MR) is 95.6 cm³/mol. The molecule has 0 aliphatic carbocycles. The van der Waals surface area contributed by atoms with Gasteiger partial charge in [0.25, 0.3) is 0 Å². The number of thioether (sulfide) groups is 1. The molecule has 24 heavy (non-hydrogen) atoms. The molecule has 2 N–H and O–H groups in total. The second kappa shape index (κ2) is 6.78. The fourth-order valence-electron chi connectivity index (χ4n) is 2.37. The van der Waals surface area contributed by atoms with Crippen LogP contribution < -0.4 is 10.1 Å². The van der Waals surface area contributed by atoms with Gasteiger partial charge in [0.05, 0.1) is 12.0 Å². The van der Waals surface area contributed by atoms with Gasteiger partial charge in [0.2, 0.25) is 9.84 Å². The molecule has 2 aromatic carbocycles. The Morgan fingerprint density at radius 1 is 1.25 bits per heavy atom. The smallest absolute Gasteiger partial charge is 0.208 e. The molecule has 2 aromatic rings. The number of sulfone groups is 1. The van der Waals surface area contributed by atoms with E-state index in [-0.39, 0.29) is 5.75 Å². The van der Waals surface area contributed by atoms with Crippen molar-refractivity contribution in [1.82, 2.24) is 5.32 Å². The molecule has 0 amide bonds. The molecular formula is C17H17NO4S2. The third kappa shape index (κ3) is 3.37. The lowest BCUT2D eigenvalue weighted by molar-refractivity contribution is 0.373. The molecule has 126 valence electrons. The first kappa shape index (κ1) is 16.7. The molecule has 1 aliphatic heterocycles. The molecule has 7 heteroatoms. The zero-order valence-electron chi connectivity index (χ0n) is 13.0. The Balaban J connectivity index is 1.80. The predicted octanol–water partition coefficient (Wildman–Crippen LogP) is 2.84. The van der Waals surface area contributed by atoms with E-state index in [1.165, 1.54) is 18.9 Å². The van der Waals surface area contributed by atoms with Crippen LogP contribution in [0, 0.1) is 0 Å². The van der Waals surface area contributed by atoms with Gasteiger partial charge in [-0.25, -0.2) is 8.42 Å². The van der Waals surface area contributed by atoms with E-state index in [1.807, 2.05) is 6.08 Å². The van der Waals surface area contributed by atoms with Crippen LogP contribution in [0.25, 0.3) is 6.08 Å². The number of aromatic hydroxyl groups is 1. The van der Waals surface area contributed by atoms with Crippen molar-refractivity contribution < 1.29 is 18.3 Å². The second-order valence-electron chi connectivity index (χ2n) is 5.25. The van der Waals surface area contributed by atoms with Crippen LogP contribution in [0.2, 0.25) is 0 Å². The summed E-state index contributed by atoms with van der Waals surface area (Å²) in [5, 5.41) is 12.7. The van der Waals surface area contributed by atoms with Gasteiger partial charge in [-0.1, -0.05) is 24.3 Å². The van der Waals surface area contributed by atoms with E-state index >= 15 is 0 Å². The number of ether oxygens (including phenoxy) is 1. The van der Waals surface area contributed by atoms with E-state index in [0.717, 1.165) is 11.3 Å². The average Bonchev–Trinajstić information content (AvgIpc) is 3.07. The molecule has 1 atom stereocenters. The Bertz CT molecular complexity index is 863. The first-order chi connectivity index (χ1) is 11.5. The standard InChI is InChI=1S/C17H17NO4S2/c1-22-16-10-12(7-8-15(16)19)9-13-11-23-17(18-13)24(20,21)14-5-3-2-4-6-14/h2-10,17-19H,11H2,1H3/b13-9-. The minimum absolute atomic E-state index is 0.0675. The van der Waals surface area contributed by atoms with Crippen molar-refractivity contribution in [2.45, 2.75) is 9.60 Å². The number of phenolic OH excluding ortho intramolecular Hbond substituents is 1. The number of hydrogen-bond acceptors (Lipinski definition) is 6. The monoisotopic (exact) mass is 363 g/mol.